The molecule has 0 aliphatic carbocycles. The lowest BCUT2D eigenvalue weighted by molar-refractivity contribution is -0.139. The summed E-state index contributed by atoms with van der Waals surface area (Å²) in [7, 11) is 3.62. The molecule has 1 N–H and O–H groups in total. The number of piperidine rings is 2. The van der Waals surface area contributed by atoms with E-state index in [-0.39, 0.29) is 23.7 Å². The first-order valence-electron chi connectivity index (χ1n) is 14.0. The van der Waals surface area contributed by atoms with Crippen LogP contribution < -0.4 is 10.2 Å². The van der Waals surface area contributed by atoms with Gasteiger partial charge in [0.15, 0.2) is 5.69 Å². The number of ether oxygens (including phenoxy) is 1. The number of aromatic nitrogens is 2. The highest BCUT2D eigenvalue weighted by atomic mass is 35.5. The maximum Gasteiger partial charge on any atom is 0.239 e. The van der Waals surface area contributed by atoms with Gasteiger partial charge in [-0.2, -0.15) is 4.98 Å². The molecule has 2 aliphatic heterocycles. The lowest BCUT2D eigenvalue weighted by atomic mass is 9.98. The van der Waals surface area contributed by atoms with Gasteiger partial charge in [0, 0.05) is 50.2 Å². The molecule has 0 saturated carbocycles. The second-order valence-electron chi connectivity index (χ2n) is 10.6. The van der Waals surface area contributed by atoms with E-state index in [0.29, 0.717) is 53.1 Å². The number of benzene rings is 2. The number of methoxy groups -OCH3 is 1. The van der Waals surface area contributed by atoms with Crippen molar-refractivity contribution < 1.29 is 13.9 Å². The zero-order valence-electron chi connectivity index (χ0n) is 23.4. The Bertz CT molecular complexity index is 1440. The Labute approximate surface area is 245 Å². The Hall–Kier alpha value is -3.52. The van der Waals surface area contributed by atoms with Crippen molar-refractivity contribution in [3.8, 4) is 0 Å². The van der Waals surface area contributed by atoms with Gasteiger partial charge in [-0.1, -0.05) is 30.2 Å². The Morgan fingerprint density at radius 1 is 1.17 bits per heavy atom. The predicted octanol–water partition coefficient (Wildman–Crippen LogP) is 5.64. The molecule has 216 valence electrons. The fourth-order valence-electron chi connectivity index (χ4n) is 5.75. The second kappa shape index (κ2) is 13.0. The summed E-state index contributed by atoms with van der Waals surface area (Å²) in [6, 6.07) is 9.65. The summed E-state index contributed by atoms with van der Waals surface area (Å²) in [4.78, 5) is 32.9. The van der Waals surface area contributed by atoms with Gasteiger partial charge in [0.05, 0.1) is 30.4 Å². The molecule has 2 saturated heterocycles. The summed E-state index contributed by atoms with van der Waals surface area (Å²) < 4.78 is 19.9. The minimum Gasteiger partial charge on any atom is -0.383 e. The number of likely N-dealkylation sites (N-methyl/N-ethyl adjacent to an activating group) is 1. The molecule has 1 atom stereocenters. The Balaban J connectivity index is 1.33. The highest BCUT2D eigenvalue weighted by molar-refractivity contribution is 6.30. The molecule has 41 heavy (non-hydrogen) atoms. The van der Waals surface area contributed by atoms with Crippen LogP contribution in [0.3, 0.4) is 0 Å². The molecule has 1 unspecified atom stereocenters. The molecule has 2 aromatic carbocycles. The highest BCUT2D eigenvalue weighted by Gasteiger charge is 2.34. The fourth-order valence-corrected chi connectivity index (χ4v) is 5.90. The number of likely N-dealkylation sites (tertiary alicyclic amines) is 1. The maximum absolute atomic E-state index is 14.6. The molecular weight excluding hydrogens is 545 g/mol. The van der Waals surface area contributed by atoms with Gasteiger partial charge in [-0.15, -0.1) is 0 Å². The van der Waals surface area contributed by atoms with Crippen LogP contribution in [0.4, 0.5) is 27.5 Å². The van der Waals surface area contributed by atoms with Crippen molar-refractivity contribution in [2.24, 2.45) is 0 Å². The highest BCUT2D eigenvalue weighted by Crippen LogP contribution is 2.32. The summed E-state index contributed by atoms with van der Waals surface area (Å²) in [5.41, 5.74) is 1.31. The van der Waals surface area contributed by atoms with Gasteiger partial charge in [-0.25, -0.2) is 14.2 Å². The van der Waals surface area contributed by atoms with Gasteiger partial charge in [0.25, 0.3) is 0 Å². The fraction of sp³-hybridized carbons (Fsp3) is 0.467. The number of halogens is 2. The molecule has 2 aliphatic rings. The van der Waals surface area contributed by atoms with Crippen LogP contribution in [0.2, 0.25) is 5.02 Å². The number of nitrogens with zero attached hydrogens (tertiary/aromatic N) is 6. The van der Waals surface area contributed by atoms with Gasteiger partial charge >= 0.3 is 0 Å². The van der Waals surface area contributed by atoms with Crippen LogP contribution >= 0.6 is 11.6 Å². The molecule has 0 bridgehead atoms. The monoisotopic (exact) mass is 579 g/mol. The van der Waals surface area contributed by atoms with E-state index in [9.17, 15) is 9.18 Å². The number of hydrogen-bond acceptors (Lipinski definition) is 7. The Kier molecular flexibility index (Phi) is 9.18. The maximum atomic E-state index is 14.6. The summed E-state index contributed by atoms with van der Waals surface area (Å²) in [6.07, 6.45) is 4.63. The van der Waals surface area contributed by atoms with E-state index in [1.807, 2.05) is 11.9 Å². The zero-order chi connectivity index (χ0) is 28.9. The molecule has 0 spiro atoms. The Morgan fingerprint density at radius 2 is 1.98 bits per heavy atom. The van der Waals surface area contributed by atoms with Crippen molar-refractivity contribution >= 4 is 51.6 Å². The largest absolute Gasteiger partial charge is 0.383 e. The van der Waals surface area contributed by atoms with E-state index in [1.165, 1.54) is 6.07 Å². The van der Waals surface area contributed by atoms with E-state index in [4.69, 9.17) is 32.9 Å². The lowest BCUT2D eigenvalue weighted by Crippen LogP contribution is -2.54. The van der Waals surface area contributed by atoms with Gasteiger partial charge < -0.3 is 19.9 Å². The summed E-state index contributed by atoms with van der Waals surface area (Å²) >= 11 is 5.94. The summed E-state index contributed by atoms with van der Waals surface area (Å²) in [5.74, 6) is 0.646. The predicted molar refractivity (Wildman–Crippen MR) is 160 cm³/mol. The molecule has 3 heterocycles. The van der Waals surface area contributed by atoms with Crippen LogP contribution in [0.5, 0.6) is 0 Å². The van der Waals surface area contributed by atoms with Gasteiger partial charge in [0.2, 0.25) is 11.9 Å². The topological polar surface area (TPSA) is 78.2 Å². The average molecular weight is 580 g/mol. The second-order valence-corrected chi connectivity index (χ2v) is 11.1. The third-order valence-electron chi connectivity index (χ3n) is 8.11. The van der Waals surface area contributed by atoms with E-state index >= 15 is 0 Å². The smallest absolute Gasteiger partial charge is 0.239 e. The number of carbonyl (C=O) groups is 1. The number of amides is 1. The van der Waals surface area contributed by atoms with Gasteiger partial charge in [-0.05, 0) is 56.5 Å². The first-order chi connectivity index (χ1) is 19.9. The molecule has 11 heteroatoms. The molecule has 1 amide bonds. The van der Waals surface area contributed by atoms with Crippen LogP contribution in [-0.4, -0.2) is 84.7 Å². The molecule has 3 aromatic rings. The summed E-state index contributed by atoms with van der Waals surface area (Å²) in [5, 5.41) is 4.09. The van der Waals surface area contributed by atoms with Crippen molar-refractivity contribution in [3.63, 3.8) is 0 Å². The van der Waals surface area contributed by atoms with Gasteiger partial charge in [-0.3, -0.25) is 9.69 Å². The first-order valence-corrected chi connectivity index (χ1v) is 14.4. The van der Waals surface area contributed by atoms with E-state index < -0.39 is 5.82 Å². The van der Waals surface area contributed by atoms with Crippen LogP contribution in [0, 0.1) is 12.4 Å². The van der Waals surface area contributed by atoms with Crippen molar-refractivity contribution in [2.75, 3.05) is 57.2 Å². The SMILES string of the molecule is [C-]#[N+]c1ccc2c(Nc3ccc(Cl)cc3F)nc(N3CCC(N(C)C(=O)C4CCCCN4CCOC)CC3)nc2c1. The number of hydrogen-bond donors (Lipinski definition) is 1. The normalized spacial score (nSPS) is 18.3. The summed E-state index contributed by atoms with van der Waals surface area (Å²) in [6.45, 7) is 11.1. The quantitative estimate of drug-likeness (QED) is 0.346. The molecule has 5 rings (SSSR count). The first kappa shape index (κ1) is 29.0. The van der Waals surface area contributed by atoms with Crippen molar-refractivity contribution in [1.29, 1.82) is 0 Å². The van der Waals surface area contributed by atoms with Crippen molar-refractivity contribution in [1.82, 2.24) is 19.8 Å². The van der Waals surface area contributed by atoms with E-state index in [0.717, 1.165) is 45.2 Å². The van der Waals surface area contributed by atoms with Gasteiger partial charge in [0.1, 0.15) is 11.6 Å². The zero-order valence-corrected chi connectivity index (χ0v) is 24.2. The number of nitrogens with one attached hydrogen (secondary N) is 1. The van der Waals surface area contributed by atoms with Crippen LogP contribution in [-0.2, 0) is 9.53 Å². The molecular formula is C30H35ClFN7O2. The minimum atomic E-state index is -0.490. The minimum absolute atomic E-state index is 0.0932. The number of anilines is 3. The third-order valence-corrected chi connectivity index (χ3v) is 8.34. The number of rotatable bonds is 8. The molecule has 1 aromatic heterocycles. The standard InChI is InChI=1S/C30H35ClFN7O2/c1-33-21-8-9-23-26(19-21)35-30(36-28(23)34-25-10-7-20(31)18-24(25)32)39-14-11-22(12-15-39)37(2)29(40)27-6-4-5-13-38(27)16-17-41-3/h7-10,18-19,22,27H,4-6,11-17H2,2-3H3,(H,34,35,36). The van der Waals surface area contributed by atoms with Crippen LogP contribution in [0.1, 0.15) is 32.1 Å². The van der Waals surface area contributed by atoms with Crippen LogP contribution in [0.25, 0.3) is 15.7 Å². The number of carbonyl (C=O) groups excluding carboxylic acids is 1. The van der Waals surface area contributed by atoms with Crippen molar-refractivity contribution in [2.45, 2.75) is 44.2 Å². The molecule has 2 fully saturated rings. The third kappa shape index (κ3) is 6.53. The molecule has 9 nitrogen and oxygen atoms in total. The van der Waals surface area contributed by atoms with Crippen molar-refractivity contribution in [3.05, 3.63) is 58.7 Å². The van der Waals surface area contributed by atoms with Crippen LogP contribution in [0.15, 0.2) is 36.4 Å². The van der Waals surface area contributed by atoms with E-state index in [2.05, 4.69) is 20.0 Å². The average Bonchev–Trinajstić information content (AvgIpc) is 3.00. The molecule has 0 radical (unpaired) electrons. The number of fused-ring (bicyclic) bond motifs is 1. The lowest BCUT2D eigenvalue weighted by Gasteiger charge is -2.41. The van der Waals surface area contributed by atoms with E-state index in [1.54, 1.807) is 37.4 Å². The Morgan fingerprint density at radius 3 is 2.71 bits per heavy atom.